The molecule has 0 rings (SSSR count). The van der Waals surface area contributed by atoms with Crippen LogP contribution in [0.1, 0.15) is 40.0 Å². The SMILES string of the molecule is CCCC(CN)CC(=O)NC(C)C. The zero-order chi connectivity index (χ0) is 10.3. The van der Waals surface area contributed by atoms with E-state index in [1.807, 2.05) is 13.8 Å². The van der Waals surface area contributed by atoms with Crippen LogP contribution in [0.4, 0.5) is 0 Å². The van der Waals surface area contributed by atoms with E-state index in [0.29, 0.717) is 18.9 Å². The Bertz CT molecular complexity index is 146. The number of nitrogens with two attached hydrogens (primary N) is 1. The first-order valence-corrected chi connectivity index (χ1v) is 5.09. The molecule has 0 spiro atoms. The van der Waals surface area contributed by atoms with Crippen molar-refractivity contribution >= 4 is 5.91 Å². The normalized spacial score (nSPS) is 13.0. The molecule has 1 atom stereocenters. The first-order chi connectivity index (χ1) is 6.10. The maximum atomic E-state index is 11.3. The van der Waals surface area contributed by atoms with Gasteiger partial charge in [0.1, 0.15) is 0 Å². The van der Waals surface area contributed by atoms with Gasteiger partial charge in [-0.05, 0) is 32.7 Å². The van der Waals surface area contributed by atoms with Gasteiger partial charge in [0.15, 0.2) is 0 Å². The minimum Gasteiger partial charge on any atom is -0.354 e. The maximum Gasteiger partial charge on any atom is 0.220 e. The Kier molecular flexibility index (Phi) is 6.59. The van der Waals surface area contributed by atoms with Crippen LogP contribution in [0, 0.1) is 5.92 Å². The second kappa shape index (κ2) is 6.89. The van der Waals surface area contributed by atoms with Gasteiger partial charge in [-0.2, -0.15) is 0 Å². The van der Waals surface area contributed by atoms with E-state index >= 15 is 0 Å². The minimum absolute atomic E-state index is 0.124. The van der Waals surface area contributed by atoms with Crippen LogP contribution in [-0.2, 0) is 4.79 Å². The molecule has 0 aliphatic rings. The number of carbonyl (C=O) groups is 1. The zero-order valence-corrected chi connectivity index (χ0v) is 8.97. The highest BCUT2D eigenvalue weighted by Crippen LogP contribution is 2.09. The number of nitrogens with one attached hydrogen (secondary N) is 1. The lowest BCUT2D eigenvalue weighted by Gasteiger charge is -2.14. The molecule has 1 amide bonds. The van der Waals surface area contributed by atoms with Crippen LogP contribution in [0.25, 0.3) is 0 Å². The average molecular weight is 186 g/mol. The monoisotopic (exact) mass is 186 g/mol. The summed E-state index contributed by atoms with van der Waals surface area (Å²) < 4.78 is 0. The van der Waals surface area contributed by atoms with Crippen LogP contribution in [0.15, 0.2) is 0 Å². The van der Waals surface area contributed by atoms with E-state index < -0.39 is 0 Å². The fourth-order valence-electron chi connectivity index (χ4n) is 1.35. The third-order valence-electron chi connectivity index (χ3n) is 1.95. The van der Waals surface area contributed by atoms with E-state index in [0.717, 1.165) is 12.8 Å². The van der Waals surface area contributed by atoms with Crippen LogP contribution in [0.2, 0.25) is 0 Å². The van der Waals surface area contributed by atoms with Gasteiger partial charge in [-0.15, -0.1) is 0 Å². The first kappa shape index (κ1) is 12.4. The molecule has 13 heavy (non-hydrogen) atoms. The lowest BCUT2D eigenvalue weighted by molar-refractivity contribution is -0.122. The zero-order valence-electron chi connectivity index (χ0n) is 8.97. The van der Waals surface area contributed by atoms with Crippen LogP contribution in [-0.4, -0.2) is 18.5 Å². The summed E-state index contributed by atoms with van der Waals surface area (Å²) in [6.07, 6.45) is 2.71. The van der Waals surface area contributed by atoms with Crippen molar-refractivity contribution in [2.24, 2.45) is 11.7 Å². The van der Waals surface area contributed by atoms with E-state index in [9.17, 15) is 4.79 Å². The molecule has 0 aromatic rings. The number of carbonyl (C=O) groups excluding carboxylic acids is 1. The van der Waals surface area contributed by atoms with Gasteiger partial charge in [-0.3, -0.25) is 4.79 Å². The largest absolute Gasteiger partial charge is 0.354 e. The quantitative estimate of drug-likeness (QED) is 0.656. The van der Waals surface area contributed by atoms with Crippen molar-refractivity contribution in [3.63, 3.8) is 0 Å². The molecule has 0 saturated carbocycles. The molecule has 0 heterocycles. The average Bonchev–Trinajstić information content (AvgIpc) is 2.02. The topological polar surface area (TPSA) is 55.1 Å². The van der Waals surface area contributed by atoms with E-state index in [1.54, 1.807) is 0 Å². The summed E-state index contributed by atoms with van der Waals surface area (Å²) in [5, 5.41) is 2.87. The lowest BCUT2D eigenvalue weighted by Crippen LogP contribution is -2.32. The van der Waals surface area contributed by atoms with Gasteiger partial charge < -0.3 is 11.1 Å². The Morgan fingerprint density at radius 1 is 1.46 bits per heavy atom. The van der Waals surface area contributed by atoms with Gasteiger partial charge in [-0.1, -0.05) is 13.3 Å². The fraction of sp³-hybridized carbons (Fsp3) is 0.900. The molecule has 3 N–H and O–H groups in total. The van der Waals surface area contributed by atoms with Crippen molar-refractivity contribution in [3.8, 4) is 0 Å². The molecule has 3 heteroatoms. The molecule has 1 unspecified atom stereocenters. The van der Waals surface area contributed by atoms with E-state index in [4.69, 9.17) is 5.73 Å². The summed E-state index contributed by atoms with van der Waals surface area (Å²) in [5.41, 5.74) is 5.56. The number of hydrogen-bond acceptors (Lipinski definition) is 2. The van der Waals surface area contributed by atoms with Crippen LogP contribution >= 0.6 is 0 Å². The Morgan fingerprint density at radius 2 is 2.08 bits per heavy atom. The molecule has 0 aromatic carbocycles. The van der Waals surface area contributed by atoms with E-state index in [1.165, 1.54) is 0 Å². The molecule has 78 valence electrons. The predicted molar refractivity (Wildman–Crippen MR) is 55.3 cm³/mol. The summed E-state index contributed by atoms with van der Waals surface area (Å²) in [4.78, 5) is 11.3. The second-order valence-corrected chi connectivity index (χ2v) is 3.82. The summed E-state index contributed by atoms with van der Waals surface area (Å²) in [6, 6.07) is 0.229. The van der Waals surface area contributed by atoms with Gasteiger partial charge in [0.25, 0.3) is 0 Å². The third-order valence-corrected chi connectivity index (χ3v) is 1.95. The molecular weight excluding hydrogens is 164 g/mol. The number of hydrogen-bond donors (Lipinski definition) is 2. The van der Waals surface area contributed by atoms with Crippen molar-refractivity contribution in [2.75, 3.05) is 6.54 Å². The van der Waals surface area contributed by atoms with Crippen LogP contribution in [0.3, 0.4) is 0 Å². The Hall–Kier alpha value is -0.570. The Labute approximate surface area is 81.1 Å². The van der Waals surface area contributed by atoms with E-state index in [2.05, 4.69) is 12.2 Å². The molecule has 0 aliphatic carbocycles. The Balaban J connectivity index is 3.73. The molecule has 0 radical (unpaired) electrons. The van der Waals surface area contributed by atoms with Crippen molar-refractivity contribution in [3.05, 3.63) is 0 Å². The van der Waals surface area contributed by atoms with E-state index in [-0.39, 0.29) is 11.9 Å². The van der Waals surface area contributed by atoms with Crippen molar-refractivity contribution < 1.29 is 4.79 Å². The summed E-state index contributed by atoms with van der Waals surface area (Å²) >= 11 is 0. The maximum absolute atomic E-state index is 11.3. The molecule has 0 fully saturated rings. The molecule has 0 aromatic heterocycles. The molecular formula is C10H22N2O. The van der Waals surface area contributed by atoms with Gasteiger partial charge in [0.05, 0.1) is 0 Å². The molecule has 0 aliphatic heterocycles. The smallest absolute Gasteiger partial charge is 0.220 e. The lowest BCUT2D eigenvalue weighted by atomic mass is 9.99. The van der Waals surface area contributed by atoms with Gasteiger partial charge in [0, 0.05) is 12.5 Å². The van der Waals surface area contributed by atoms with Crippen LogP contribution in [0.5, 0.6) is 0 Å². The first-order valence-electron chi connectivity index (χ1n) is 5.09. The standard InChI is InChI=1S/C10H22N2O/c1-4-5-9(7-11)6-10(13)12-8(2)3/h8-9H,4-7,11H2,1-3H3,(H,12,13). The summed E-state index contributed by atoms with van der Waals surface area (Å²) in [7, 11) is 0. The molecule has 0 saturated heterocycles. The second-order valence-electron chi connectivity index (χ2n) is 3.82. The number of amides is 1. The Morgan fingerprint density at radius 3 is 2.46 bits per heavy atom. The van der Waals surface area contributed by atoms with Gasteiger partial charge in [-0.25, -0.2) is 0 Å². The number of rotatable bonds is 6. The van der Waals surface area contributed by atoms with Crippen molar-refractivity contribution in [1.29, 1.82) is 0 Å². The molecule has 3 nitrogen and oxygen atoms in total. The predicted octanol–water partition coefficient (Wildman–Crippen LogP) is 1.28. The van der Waals surface area contributed by atoms with Crippen LogP contribution < -0.4 is 11.1 Å². The van der Waals surface area contributed by atoms with Gasteiger partial charge >= 0.3 is 0 Å². The minimum atomic E-state index is 0.124. The fourth-order valence-corrected chi connectivity index (χ4v) is 1.35. The van der Waals surface area contributed by atoms with Crippen molar-refractivity contribution in [1.82, 2.24) is 5.32 Å². The highest BCUT2D eigenvalue weighted by molar-refractivity contribution is 5.76. The van der Waals surface area contributed by atoms with Crippen molar-refractivity contribution in [2.45, 2.75) is 46.1 Å². The summed E-state index contributed by atoms with van der Waals surface area (Å²) in [6.45, 7) is 6.66. The summed E-state index contributed by atoms with van der Waals surface area (Å²) in [5.74, 6) is 0.475. The highest BCUT2D eigenvalue weighted by atomic mass is 16.1. The third kappa shape index (κ3) is 6.58. The van der Waals surface area contributed by atoms with Gasteiger partial charge in [0.2, 0.25) is 5.91 Å². The molecule has 0 bridgehead atoms. The highest BCUT2D eigenvalue weighted by Gasteiger charge is 2.11.